The van der Waals surface area contributed by atoms with E-state index in [1.165, 1.54) is 20.4 Å². The second-order valence-corrected chi connectivity index (χ2v) is 6.73. The Kier molecular flexibility index (Phi) is 3.80. The molecule has 1 aromatic carbocycles. The average Bonchev–Trinajstić information content (AvgIpc) is 3.45. The standard InChI is InChI=1S/C18H15ClF2N2O3/c1-25-11-7-12(26-2)14(21)15(13(11)20)23-16(19)9-8-22-6-3-10(9)18(4-5-18)17(23)24/h3,6-8,16H,4-5H2,1-2H3. The third-order valence-electron chi connectivity index (χ3n) is 5.02. The molecular formula is C18H15ClF2N2O3. The maximum atomic E-state index is 14.9. The summed E-state index contributed by atoms with van der Waals surface area (Å²) in [6.45, 7) is 0. The highest BCUT2D eigenvalue weighted by Crippen LogP contribution is 2.57. The quantitative estimate of drug-likeness (QED) is 0.602. The van der Waals surface area contributed by atoms with Crippen molar-refractivity contribution in [2.45, 2.75) is 23.8 Å². The fourth-order valence-electron chi connectivity index (χ4n) is 3.53. The van der Waals surface area contributed by atoms with Crippen LogP contribution in [0.2, 0.25) is 0 Å². The second kappa shape index (κ2) is 5.81. The maximum absolute atomic E-state index is 14.9. The van der Waals surface area contributed by atoms with E-state index in [-0.39, 0.29) is 11.5 Å². The molecule has 1 amide bonds. The molecule has 1 aliphatic carbocycles. The topological polar surface area (TPSA) is 51.7 Å². The van der Waals surface area contributed by atoms with E-state index in [0.717, 1.165) is 16.5 Å². The van der Waals surface area contributed by atoms with E-state index in [2.05, 4.69) is 4.98 Å². The van der Waals surface area contributed by atoms with Gasteiger partial charge in [0.25, 0.3) is 0 Å². The molecule has 4 rings (SSSR count). The zero-order chi connectivity index (χ0) is 18.6. The van der Waals surface area contributed by atoms with Crippen molar-refractivity contribution in [1.82, 2.24) is 4.98 Å². The van der Waals surface area contributed by atoms with Gasteiger partial charge in [0.05, 0.1) is 19.6 Å². The van der Waals surface area contributed by atoms with E-state index in [4.69, 9.17) is 21.1 Å². The highest BCUT2D eigenvalue weighted by atomic mass is 35.5. The van der Waals surface area contributed by atoms with Gasteiger partial charge in [-0.15, -0.1) is 0 Å². The van der Waals surface area contributed by atoms with Gasteiger partial charge < -0.3 is 9.47 Å². The lowest BCUT2D eigenvalue weighted by atomic mass is 9.87. The number of carbonyl (C=O) groups excluding carboxylic acids is 1. The van der Waals surface area contributed by atoms with Crippen LogP contribution in [0.15, 0.2) is 24.5 Å². The highest BCUT2D eigenvalue weighted by molar-refractivity contribution is 6.26. The van der Waals surface area contributed by atoms with Crippen LogP contribution in [0.3, 0.4) is 0 Å². The van der Waals surface area contributed by atoms with Crippen molar-refractivity contribution in [3.63, 3.8) is 0 Å². The molecule has 1 aliphatic heterocycles. The monoisotopic (exact) mass is 380 g/mol. The van der Waals surface area contributed by atoms with Gasteiger partial charge >= 0.3 is 0 Å². The predicted octanol–water partition coefficient (Wildman–Crippen LogP) is 3.69. The van der Waals surface area contributed by atoms with Gasteiger partial charge in [-0.1, -0.05) is 11.6 Å². The molecule has 1 saturated carbocycles. The molecule has 1 fully saturated rings. The lowest BCUT2D eigenvalue weighted by Crippen LogP contribution is -2.46. The van der Waals surface area contributed by atoms with Crippen LogP contribution >= 0.6 is 11.6 Å². The molecule has 0 saturated heterocycles. The molecule has 5 nitrogen and oxygen atoms in total. The number of amides is 1. The molecule has 1 atom stereocenters. The van der Waals surface area contributed by atoms with E-state index in [1.54, 1.807) is 12.3 Å². The van der Waals surface area contributed by atoms with Crippen molar-refractivity contribution < 1.29 is 23.0 Å². The van der Waals surface area contributed by atoms with Crippen LogP contribution in [0.4, 0.5) is 14.5 Å². The van der Waals surface area contributed by atoms with Crippen LogP contribution in [-0.4, -0.2) is 25.1 Å². The number of fused-ring (bicyclic) bond motifs is 2. The van der Waals surface area contributed by atoms with Crippen molar-refractivity contribution in [1.29, 1.82) is 0 Å². The lowest BCUT2D eigenvalue weighted by molar-refractivity contribution is -0.121. The number of benzene rings is 1. The number of rotatable bonds is 3. The Morgan fingerprint density at radius 1 is 1.23 bits per heavy atom. The predicted molar refractivity (Wildman–Crippen MR) is 90.7 cm³/mol. The Labute approximate surface area is 153 Å². The van der Waals surface area contributed by atoms with Crippen molar-refractivity contribution in [3.8, 4) is 11.5 Å². The Morgan fingerprint density at radius 2 is 1.85 bits per heavy atom. The second-order valence-electron chi connectivity index (χ2n) is 6.31. The molecule has 0 N–H and O–H groups in total. The summed E-state index contributed by atoms with van der Waals surface area (Å²) < 4.78 is 39.8. The number of alkyl halides is 1. The average molecular weight is 381 g/mol. The van der Waals surface area contributed by atoms with Gasteiger partial charge in [0.15, 0.2) is 23.1 Å². The van der Waals surface area contributed by atoms with Gasteiger partial charge in [0.1, 0.15) is 11.2 Å². The number of halogens is 3. The van der Waals surface area contributed by atoms with Gasteiger partial charge in [-0.2, -0.15) is 0 Å². The number of pyridine rings is 1. The minimum atomic E-state index is -1.10. The van der Waals surface area contributed by atoms with Crippen LogP contribution < -0.4 is 14.4 Å². The van der Waals surface area contributed by atoms with E-state index in [0.29, 0.717) is 18.4 Å². The number of nitrogens with zero attached hydrogens (tertiary/aromatic N) is 2. The maximum Gasteiger partial charge on any atom is 0.239 e. The molecule has 136 valence electrons. The number of ether oxygens (including phenoxy) is 2. The Balaban J connectivity index is 1.96. The van der Waals surface area contributed by atoms with Crippen LogP contribution in [0.25, 0.3) is 0 Å². The Morgan fingerprint density at radius 3 is 2.38 bits per heavy atom. The van der Waals surface area contributed by atoms with Gasteiger partial charge in [-0.25, -0.2) is 8.78 Å². The van der Waals surface area contributed by atoms with Crippen LogP contribution in [-0.2, 0) is 10.2 Å². The number of hydrogen-bond acceptors (Lipinski definition) is 4. The molecule has 0 bridgehead atoms. The fraction of sp³-hybridized carbons (Fsp3) is 0.333. The van der Waals surface area contributed by atoms with Crippen molar-refractivity contribution in [3.05, 3.63) is 47.3 Å². The normalized spacial score (nSPS) is 20.1. The number of carbonyl (C=O) groups is 1. The molecule has 1 spiro atoms. The molecule has 2 heterocycles. The summed E-state index contributed by atoms with van der Waals surface area (Å²) >= 11 is 6.48. The van der Waals surface area contributed by atoms with Crippen LogP contribution in [0.5, 0.6) is 11.5 Å². The molecule has 26 heavy (non-hydrogen) atoms. The Bertz CT molecular complexity index is 889. The lowest BCUT2D eigenvalue weighted by Gasteiger charge is -2.38. The molecule has 2 aromatic rings. The van der Waals surface area contributed by atoms with Crippen molar-refractivity contribution in [2.24, 2.45) is 0 Å². The van der Waals surface area contributed by atoms with E-state index in [9.17, 15) is 13.6 Å². The summed E-state index contributed by atoms with van der Waals surface area (Å²) in [6.07, 6.45) is 4.29. The van der Waals surface area contributed by atoms with E-state index in [1.807, 2.05) is 0 Å². The Hall–Kier alpha value is -2.41. The zero-order valence-electron chi connectivity index (χ0n) is 14.1. The first kappa shape index (κ1) is 17.0. The third-order valence-corrected chi connectivity index (χ3v) is 5.45. The van der Waals surface area contributed by atoms with Crippen molar-refractivity contribution >= 4 is 23.2 Å². The minimum absolute atomic E-state index is 0.239. The van der Waals surface area contributed by atoms with Gasteiger partial charge in [-0.3, -0.25) is 14.7 Å². The molecule has 8 heteroatoms. The summed E-state index contributed by atoms with van der Waals surface area (Å²) in [7, 11) is 2.49. The summed E-state index contributed by atoms with van der Waals surface area (Å²) in [6, 6.07) is 2.83. The number of aromatic nitrogens is 1. The SMILES string of the molecule is COc1cc(OC)c(F)c(N2C(=O)C3(CC3)c3ccncc3C2Cl)c1F. The van der Waals surface area contributed by atoms with Gasteiger partial charge in [0, 0.05) is 24.0 Å². The van der Waals surface area contributed by atoms with Crippen LogP contribution in [0.1, 0.15) is 29.5 Å². The van der Waals surface area contributed by atoms with Gasteiger partial charge in [0.2, 0.25) is 5.91 Å². The highest BCUT2D eigenvalue weighted by Gasteiger charge is 2.59. The first-order chi connectivity index (χ1) is 12.5. The zero-order valence-corrected chi connectivity index (χ0v) is 14.8. The van der Waals surface area contributed by atoms with Crippen molar-refractivity contribution in [2.75, 3.05) is 19.1 Å². The van der Waals surface area contributed by atoms with E-state index < -0.39 is 34.1 Å². The summed E-state index contributed by atoms with van der Waals surface area (Å²) in [5, 5.41) is 0. The molecule has 0 radical (unpaired) electrons. The molecule has 2 aliphatic rings. The molecular weight excluding hydrogens is 366 g/mol. The van der Waals surface area contributed by atoms with E-state index >= 15 is 0 Å². The smallest absolute Gasteiger partial charge is 0.239 e. The summed E-state index contributed by atoms with van der Waals surface area (Å²) in [4.78, 5) is 18.2. The van der Waals surface area contributed by atoms with Crippen LogP contribution in [0, 0.1) is 11.6 Å². The third kappa shape index (κ3) is 2.13. The molecule has 1 unspecified atom stereocenters. The summed E-state index contributed by atoms with van der Waals surface area (Å²) in [5.41, 5.74) is -1.15. The number of anilines is 1. The first-order valence-corrected chi connectivity index (χ1v) is 8.42. The fourth-order valence-corrected chi connectivity index (χ4v) is 3.89. The summed E-state index contributed by atoms with van der Waals surface area (Å²) in [5.74, 6) is -2.93. The van der Waals surface area contributed by atoms with Gasteiger partial charge in [-0.05, 0) is 24.5 Å². The first-order valence-electron chi connectivity index (χ1n) is 7.98. The number of methoxy groups -OCH3 is 2. The molecule has 1 aromatic heterocycles. The largest absolute Gasteiger partial charge is 0.493 e. The minimum Gasteiger partial charge on any atom is -0.493 e. The number of hydrogen-bond donors (Lipinski definition) is 0.